The van der Waals surface area contributed by atoms with Crippen LogP contribution in [0.5, 0.6) is 0 Å². The van der Waals surface area contributed by atoms with Crippen molar-refractivity contribution in [2.24, 2.45) is 0 Å². The van der Waals surface area contributed by atoms with E-state index in [1.54, 1.807) is 57.2 Å². The minimum atomic E-state index is -1.30. The predicted octanol–water partition coefficient (Wildman–Crippen LogP) is 2.58. The molecular weight excluding hydrogens is 322 g/mol. The van der Waals surface area contributed by atoms with Crippen LogP contribution in [0, 0.1) is 13.8 Å². The highest BCUT2D eigenvalue weighted by Crippen LogP contribution is 2.22. The SMILES string of the molecule is Cc1ccc(C(C)(O)CNC(=O)c2cccc(-c3nnc(C)o3)c2)o1. The molecule has 0 aliphatic rings. The fourth-order valence-electron chi connectivity index (χ4n) is 2.37. The summed E-state index contributed by atoms with van der Waals surface area (Å²) < 4.78 is 10.8. The maximum absolute atomic E-state index is 12.4. The van der Waals surface area contributed by atoms with Gasteiger partial charge in [-0.05, 0) is 44.2 Å². The van der Waals surface area contributed by atoms with Crippen molar-refractivity contribution in [3.8, 4) is 11.5 Å². The third-order valence-electron chi connectivity index (χ3n) is 3.76. The van der Waals surface area contributed by atoms with E-state index in [2.05, 4.69) is 15.5 Å². The number of rotatable bonds is 5. The highest BCUT2D eigenvalue weighted by molar-refractivity contribution is 5.95. The van der Waals surface area contributed by atoms with Gasteiger partial charge >= 0.3 is 0 Å². The van der Waals surface area contributed by atoms with E-state index in [0.717, 1.165) is 0 Å². The van der Waals surface area contributed by atoms with Crippen molar-refractivity contribution < 1.29 is 18.7 Å². The summed E-state index contributed by atoms with van der Waals surface area (Å²) in [6.07, 6.45) is 0. The Morgan fingerprint density at radius 2 is 2.00 bits per heavy atom. The van der Waals surface area contributed by atoms with Crippen LogP contribution < -0.4 is 5.32 Å². The van der Waals surface area contributed by atoms with Crippen LogP contribution in [0.15, 0.2) is 45.2 Å². The highest BCUT2D eigenvalue weighted by Gasteiger charge is 2.27. The number of hydrogen-bond acceptors (Lipinski definition) is 6. The normalized spacial score (nSPS) is 13.4. The zero-order chi connectivity index (χ0) is 18.0. The first-order valence-corrected chi connectivity index (χ1v) is 7.83. The van der Waals surface area contributed by atoms with Gasteiger partial charge in [-0.1, -0.05) is 6.07 Å². The van der Waals surface area contributed by atoms with Crippen LogP contribution in [0.4, 0.5) is 0 Å². The average Bonchev–Trinajstić information content (AvgIpc) is 3.22. The van der Waals surface area contributed by atoms with Crippen LogP contribution in [-0.2, 0) is 5.60 Å². The molecule has 2 aromatic heterocycles. The molecule has 7 nitrogen and oxygen atoms in total. The van der Waals surface area contributed by atoms with E-state index in [1.807, 2.05) is 0 Å². The summed E-state index contributed by atoms with van der Waals surface area (Å²) in [4.78, 5) is 12.4. The molecule has 25 heavy (non-hydrogen) atoms. The van der Waals surface area contributed by atoms with E-state index in [1.165, 1.54) is 0 Å². The van der Waals surface area contributed by atoms with Crippen molar-refractivity contribution in [1.82, 2.24) is 15.5 Å². The molecule has 130 valence electrons. The maximum atomic E-state index is 12.4. The maximum Gasteiger partial charge on any atom is 0.251 e. The van der Waals surface area contributed by atoms with Crippen molar-refractivity contribution in [3.05, 3.63) is 59.4 Å². The second-order valence-electron chi connectivity index (χ2n) is 6.07. The molecule has 0 spiro atoms. The molecule has 1 atom stereocenters. The fourth-order valence-corrected chi connectivity index (χ4v) is 2.37. The van der Waals surface area contributed by atoms with Crippen molar-refractivity contribution in [2.75, 3.05) is 6.54 Å². The van der Waals surface area contributed by atoms with Gasteiger partial charge < -0.3 is 19.3 Å². The van der Waals surface area contributed by atoms with Gasteiger partial charge in [0.15, 0.2) is 0 Å². The Bertz CT molecular complexity index is 895. The molecule has 0 aliphatic carbocycles. The number of furan rings is 1. The third-order valence-corrected chi connectivity index (χ3v) is 3.76. The van der Waals surface area contributed by atoms with Gasteiger partial charge in [-0.2, -0.15) is 0 Å². The van der Waals surface area contributed by atoms with E-state index < -0.39 is 5.60 Å². The van der Waals surface area contributed by atoms with E-state index in [9.17, 15) is 9.90 Å². The van der Waals surface area contributed by atoms with Crippen molar-refractivity contribution in [3.63, 3.8) is 0 Å². The summed E-state index contributed by atoms with van der Waals surface area (Å²) >= 11 is 0. The number of nitrogens with zero attached hydrogens (tertiary/aromatic N) is 2. The number of aryl methyl sites for hydroxylation is 2. The quantitative estimate of drug-likeness (QED) is 0.739. The lowest BCUT2D eigenvalue weighted by atomic mass is 10.0. The topological polar surface area (TPSA) is 101 Å². The minimum absolute atomic E-state index is 0.0165. The summed E-state index contributed by atoms with van der Waals surface area (Å²) in [5.41, 5.74) is -0.216. The minimum Gasteiger partial charge on any atom is -0.463 e. The molecule has 0 saturated heterocycles. The molecule has 2 heterocycles. The number of aliphatic hydroxyl groups is 1. The second kappa shape index (κ2) is 6.52. The van der Waals surface area contributed by atoms with Crippen LogP contribution in [0.3, 0.4) is 0 Å². The van der Waals surface area contributed by atoms with Gasteiger partial charge in [0.2, 0.25) is 11.8 Å². The second-order valence-corrected chi connectivity index (χ2v) is 6.07. The third kappa shape index (κ3) is 3.77. The van der Waals surface area contributed by atoms with Gasteiger partial charge in [-0.25, -0.2) is 0 Å². The first kappa shape index (κ1) is 16.9. The zero-order valence-electron chi connectivity index (χ0n) is 14.2. The number of amides is 1. The molecule has 0 saturated carbocycles. The first-order valence-electron chi connectivity index (χ1n) is 7.83. The van der Waals surface area contributed by atoms with Crippen LogP contribution >= 0.6 is 0 Å². The lowest BCUT2D eigenvalue weighted by Crippen LogP contribution is -2.38. The van der Waals surface area contributed by atoms with Gasteiger partial charge in [-0.15, -0.1) is 10.2 Å². The van der Waals surface area contributed by atoms with Crippen LogP contribution in [0.2, 0.25) is 0 Å². The molecule has 3 aromatic rings. The van der Waals surface area contributed by atoms with Crippen molar-refractivity contribution in [2.45, 2.75) is 26.4 Å². The molecule has 1 aromatic carbocycles. The van der Waals surface area contributed by atoms with Gasteiger partial charge in [0, 0.05) is 18.1 Å². The Labute approximate surface area is 144 Å². The fraction of sp³-hybridized carbons (Fsp3) is 0.278. The summed E-state index contributed by atoms with van der Waals surface area (Å²) in [6, 6.07) is 10.3. The number of nitrogens with one attached hydrogen (secondary N) is 1. The molecule has 0 bridgehead atoms. The smallest absolute Gasteiger partial charge is 0.251 e. The summed E-state index contributed by atoms with van der Waals surface area (Å²) in [7, 11) is 0. The Morgan fingerprint density at radius 1 is 1.20 bits per heavy atom. The molecule has 0 radical (unpaired) electrons. The van der Waals surface area contributed by atoms with E-state index in [0.29, 0.717) is 34.4 Å². The van der Waals surface area contributed by atoms with Crippen molar-refractivity contribution >= 4 is 5.91 Å². The Morgan fingerprint density at radius 3 is 2.64 bits per heavy atom. The predicted molar refractivity (Wildman–Crippen MR) is 89.8 cm³/mol. The van der Waals surface area contributed by atoms with E-state index in [4.69, 9.17) is 8.83 Å². The van der Waals surface area contributed by atoms with Gasteiger partial charge in [0.25, 0.3) is 5.91 Å². The average molecular weight is 341 g/mol. The zero-order valence-corrected chi connectivity index (χ0v) is 14.2. The summed E-state index contributed by atoms with van der Waals surface area (Å²) in [5.74, 6) is 1.59. The highest BCUT2D eigenvalue weighted by atomic mass is 16.4. The lowest BCUT2D eigenvalue weighted by molar-refractivity contribution is 0.0323. The number of hydrogen-bond donors (Lipinski definition) is 2. The van der Waals surface area contributed by atoms with Crippen LogP contribution in [0.1, 0.15) is 34.7 Å². The molecule has 0 aliphatic heterocycles. The number of carbonyl (C=O) groups excluding carboxylic acids is 1. The molecular formula is C18H19N3O4. The van der Waals surface area contributed by atoms with Crippen LogP contribution in [0.25, 0.3) is 11.5 Å². The molecule has 1 unspecified atom stereocenters. The molecule has 7 heteroatoms. The Kier molecular flexibility index (Phi) is 4.41. The largest absolute Gasteiger partial charge is 0.463 e. The van der Waals surface area contributed by atoms with Gasteiger partial charge in [0.1, 0.15) is 17.1 Å². The van der Waals surface area contributed by atoms with E-state index >= 15 is 0 Å². The monoisotopic (exact) mass is 341 g/mol. The number of aromatic nitrogens is 2. The lowest BCUT2D eigenvalue weighted by Gasteiger charge is -2.21. The van der Waals surface area contributed by atoms with E-state index in [-0.39, 0.29) is 12.5 Å². The van der Waals surface area contributed by atoms with Gasteiger partial charge in [-0.3, -0.25) is 4.79 Å². The van der Waals surface area contributed by atoms with Crippen molar-refractivity contribution in [1.29, 1.82) is 0 Å². The molecule has 1 amide bonds. The number of benzene rings is 1. The number of carbonyl (C=O) groups is 1. The Balaban J connectivity index is 1.71. The molecule has 3 rings (SSSR count). The molecule has 0 fully saturated rings. The standard InChI is InChI=1S/C18H19N3O4/c1-11-7-8-15(24-11)18(3,23)10-19-16(22)13-5-4-6-14(9-13)17-21-20-12(2)25-17/h4-9,23H,10H2,1-3H3,(H,19,22). The van der Waals surface area contributed by atoms with Gasteiger partial charge in [0.05, 0.1) is 6.54 Å². The molecule has 2 N–H and O–H groups in total. The first-order chi connectivity index (χ1) is 11.8. The summed E-state index contributed by atoms with van der Waals surface area (Å²) in [5, 5.41) is 20.9. The Hall–Kier alpha value is -2.93. The summed E-state index contributed by atoms with van der Waals surface area (Å²) in [6.45, 7) is 5.10. The van der Waals surface area contributed by atoms with Crippen LogP contribution in [-0.4, -0.2) is 27.8 Å².